The third-order valence-electron chi connectivity index (χ3n) is 5.71. The minimum atomic E-state index is -0.103. The number of aromatic nitrogens is 4. The fraction of sp³-hybridized carbons (Fsp3) is 0.550. The van der Waals surface area contributed by atoms with Gasteiger partial charge in [-0.1, -0.05) is 0 Å². The first-order valence-corrected chi connectivity index (χ1v) is 10.2. The molecular formula is C20H27N7O2. The van der Waals surface area contributed by atoms with Gasteiger partial charge in [0.1, 0.15) is 0 Å². The average Bonchev–Trinajstić information content (AvgIpc) is 3.21. The van der Waals surface area contributed by atoms with Crippen LogP contribution in [-0.4, -0.2) is 68.7 Å². The number of carbonyl (C=O) groups is 2. The fourth-order valence-electron chi connectivity index (χ4n) is 4.12. The van der Waals surface area contributed by atoms with Crippen LogP contribution in [0.2, 0.25) is 0 Å². The summed E-state index contributed by atoms with van der Waals surface area (Å²) in [6, 6.07) is 1.89. The number of hydrogen-bond donors (Lipinski definition) is 1. The minimum absolute atomic E-state index is 0.0194. The van der Waals surface area contributed by atoms with Gasteiger partial charge in [-0.05, 0) is 31.7 Å². The van der Waals surface area contributed by atoms with Crippen LogP contribution in [0.1, 0.15) is 36.0 Å². The highest BCUT2D eigenvalue weighted by Gasteiger charge is 2.32. The zero-order valence-corrected chi connectivity index (χ0v) is 16.7. The fourth-order valence-corrected chi connectivity index (χ4v) is 4.12. The molecule has 0 spiro atoms. The molecule has 0 aliphatic carbocycles. The third kappa shape index (κ3) is 4.55. The summed E-state index contributed by atoms with van der Waals surface area (Å²) >= 11 is 0. The van der Waals surface area contributed by atoms with Crippen LogP contribution in [0.15, 0.2) is 30.9 Å². The van der Waals surface area contributed by atoms with Gasteiger partial charge in [-0.2, -0.15) is 5.10 Å². The van der Waals surface area contributed by atoms with Crippen LogP contribution in [0.4, 0.5) is 5.95 Å². The average molecular weight is 397 g/mol. The van der Waals surface area contributed by atoms with Crippen molar-refractivity contribution in [1.29, 1.82) is 0 Å². The van der Waals surface area contributed by atoms with E-state index in [0.29, 0.717) is 31.1 Å². The summed E-state index contributed by atoms with van der Waals surface area (Å²) < 4.78 is 1.62. The van der Waals surface area contributed by atoms with E-state index in [2.05, 4.69) is 25.3 Å². The number of carbonyl (C=O) groups excluding carboxylic acids is 2. The maximum absolute atomic E-state index is 13.0. The molecule has 0 saturated carbocycles. The molecule has 2 aliphatic rings. The number of amides is 2. The van der Waals surface area contributed by atoms with Gasteiger partial charge in [0.15, 0.2) is 0 Å². The van der Waals surface area contributed by atoms with Crippen LogP contribution in [0.25, 0.3) is 0 Å². The molecule has 2 fully saturated rings. The van der Waals surface area contributed by atoms with Gasteiger partial charge in [0.05, 0.1) is 17.7 Å². The maximum atomic E-state index is 13.0. The zero-order valence-electron chi connectivity index (χ0n) is 16.7. The second kappa shape index (κ2) is 8.59. The Bertz CT molecular complexity index is 846. The molecule has 2 saturated heterocycles. The molecule has 0 bridgehead atoms. The van der Waals surface area contributed by atoms with E-state index < -0.39 is 0 Å². The van der Waals surface area contributed by atoms with E-state index in [9.17, 15) is 9.59 Å². The Morgan fingerprint density at radius 2 is 1.86 bits per heavy atom. The Morgan fingerprint density at radius 3 is 2.55 bits per heavy atom. The van der Waals surface area contributed by atoms with E-state index in [-0.39, 0.29) is 23.8 Å². The first-order chi connectivity index (χ1) is 14.1. The third-order valence-corrected chi connectivity index (χ3v) is 5.71. The van der Waals surface area contributed by atoms with Gasteiger partial charge in [0, 0.05) is 57.9 Å². The molecule has 29 heavy (non-hydrogen) atoms. The van der Waals surface area contributed by atoms with Crippen LogP contribution < -0.4 is 10.2 Å². The summed E-state index contributed by atoms with van der Waals surface area (Å²) in [5.41, 5.74) is 0.566. The van der Waals surface area contributed by atoms with Crippen molar-refractivity contribution < 1.29 is 9.59 Å². The van der Waals surface area contributed by atoms with Crippen LogP contribution >= 0.6 is 0 Å². The van der Waals surface area contributed by atoms with Gasteiger partial charge in [-0.15, -0.1) is 0 Å². The molecule has 0 unspecified atom stereocenters. The highest BCUT2D eigenvalue weighted by Crippen LogP contribution is 2.23. The molecule has 0 aromatic carbocycles. The predicted molar refractivity (Wildman–Crippen MR) is 107 cm³/mol. The lowest BCUT2D eigenvalue weighted by molar-refractivity contribution is -0.136. The molecule has 1 atom stereocenters. The van der Waals surface area contributed by atoms with Crippen LogP contribution in [0.5, 0.6) is 0 Å². The van der Waals surface area contributed by atoms with E-state index in [1.807, 2.05) is 4.90 Å². The lowest BCUT2D eigenvalue weighted by Gasteiger charge is -2.38. The van der Waals surface area contributed by atoms with Crippen molar-refractivity contribution in [1.82, 2.24) is 30.0 Å². The van der Waals surface area contributed by atoms with Crippen molar-refractivity contribution in [3.05, 3.63) is 36.4 Å². The minimum Gasteiger partial charge on any atom is -0.349 e. The summed E-state index contributed by atoms with van der Waals surface area (Å²) in [4.78, 5) is 38.0. The molecule has 154 valence electrons. The van der Waals surface area contributed by atoms with Crippen LogP contribution in [0.3, 0.4) is 0 Å². The van der Waals surface area contributed by atoms with Crippen LogP contribution in [0, 0.1) is 5.92 Å². The van der Waals surface area contributed by atoms with Gasteiger partial charge in [-0.25, -0.2) is 9.97 Å². The van der Waals surface area contributed by atoms with Crippen molar-refractivity contribution >= 4 is 17.8 Å². The summed E-state index contributed by atoms with van der Waals surface area (Å²) in [5.74, 6) is 0.784. The number of aryl methyl sites for hydroxylation is 1. The molecule has 2 aliphatic heterocycles. The quantitative estimate of drug-likeness (QED) is 0.822. The van der Waals surface area contributed by atoms with E-state index >= 15 is 0 Å². The zero-order chi connectivity index (χ0) is 20.2. The lowest BCUT2D eigenvalue weighted by atomic mass is 9.95. The second-order valence-electron chi connectivity index (χ2n) is 7.81. The first-order valence-electron chi connectivity index (χ1n) is 10.2. The molecular weight excluding hydrogens is 370 g/mol. The van der Waals surface area contributed by atoms with E-state index in [1.165, 1.54) is 0 Å². The Morgan fingerprint density at radius 1 is 1.10 bits per heavy atom. The molecule has 2 amide bonds. The normalized spacial score (nSPS) is 20.5. The molecule has 4 rings (SSSR count). The van der Waals surface area contributed by atoms with Crippen molar-refractivity contribution in [2.24, 2.45) is 13.0 Å². The number of nitrogens with zero attached hydrogens (tertiary/aromatic N) is 6. The summed E-state index contributed by atoms with van der Waals surface area (Å²) in [7, 11) is 1.79. The topological polar surface area (TPSA) is 96.2 Å². The number of hydrogen-bond acceptors (Lipinski definition) is 6. The molecule has 2 aromatic rings. The molecule has 9 nitrogen and oxygen atoms in total. The van der Waals surface area contributed by atoms with Crippen molar-refractivity contribution in [2.75, 3.05) is 31.1 Å². The monoisotopic (exact) mass is 397 g/mol. The SMILES string of the molecule is Cn1cc(C(=O)NC2CCN(C(=O)[C@H]3CCCN(c4ncccn4)C3)CC2)cn1. The number of likely N-dealkylation sites (tertiary alicyclic amines) is 1. The highest BCUT2D eigenvalue weighted by atomic mass is 16.2. The Hall–Kier alpha value is -2.97. The van der Waals surface area contributed by atoms with Gasteiger partial charge in [0.2, 0.25) is 11.9 Å². The lowest BCUT2D eigenvalue weighted by Crippen LogP contribution is -2.50. The van der Waals surface area contributed by atoms with Crippen molar-refractivity contribution in [2.45, 2.75) is 31.7 Å². The van der Waals surface area contributed by atoms with Gasteiger partial charge >= 0.3 is 0 Å². The number of rotatable bonds is 4. The summed E-state index contributed by atoms with van der Waals surface area (Å²) in [5, 5.41) is 7.10. The number of anilines is 1. The molecule has 2 aromatic heterocycles. The second-order valence-corrected chi connectivity index (χ2v) is 7.81. The molecule has 1 N–H and O–H groups in total. The Balaban J connectivity index is 1.28. The largest absolute Gasteiger partial charge is 0.349 e. The van der Waals surface area contributed by atoms with E-state index in [0.717, 1.165) is 32.2 Å². The molecule has 4 heterocycles. The highest BCUT2D eigenvalue weighted by molar-refractivity contribution is 5.93. The maximum Gasteiger partial charge on any atom is 0.254 e. The summed E-state index contributed by atoms with van der Waals surface area (Å²) in [6.45, 7) is 2.90. The first kappa shape index (κ1) is 19.4. The Kier molecular flexibility index (Phi) is 5.73. The number of nitrogens with one attached hydrogen (secondary N) is 1. The summed E-state index contributed by atoms with van der Waals surface area (Å²) in [6.07, 6.45) is 10.2. The van der Waals surface area contributed by atoms with Crippen LogP contribution in [-0.2, 0) is 11.8 Å². The van der Waals surface area contributed by atoms with E-state index in [4.69, 9.17) is 0 Å². The van der Waals surface area contributed by atoms with Crippen molar-refractivity contribution in [3.8, 4) is 0 Å². The standard InChI is InChI=1S/C20H27N7O2/c1-25-13-16(12-23-25)18(28)24-17-5-10-26(11-6-17)19(29)15-4-2-9-27(14-15)20-21-7-3-8-22-20/h3,7-8,12-13,15,17H,2,4-6,9-11,14H2,1H3,(H,24,28)/t15-/m0/s1. The van der Waals surface area contributed by atoms with Gasteiger partial charge in [0.25, 0.3) is 5.91 Å². The molecule has 0 radical (unpaired) electrons. The van der Waals surface area contributed by atoms with Gasteiger partial charge in [-0.3, -0.25) is 14.3 Å². The van der Waals surface area contributed by atoms with E-state index in [1.54, 1.807) is 42.6 Å². The predicted octanol–water partition coefficient (Wildman–Crippen LogP) is 0.847. The Labute approximate surface area is 170 Å². The van der Waals surface area contributed by atoms with Crippen molar-refractivity contribution in [3.63, 3.8) is 0 Å². The molecule has 9 heteroatoms. The smallest absolute Gasteiger partial charge is 0.254 e. The number of piperidine rings is 2. The van der Waals surface area contributed by atoms with Gasteiger partial charge < -0.3 is 15.1 Å².